The summed E-state index contributed by atoms with van der Waals surface area (Å²) in [5.74, 6) is 0.0325. The highest BCUT2D eigenvalue weighted by Gasteiger charge is 2.09. The Morgan fingerprint density at radius 2 is 1.85 bits per heavy atom. The third-order valence-electron chi connectivity index (χ3n) is 1.52. The fourth-order valence-corrected chi connectivity index (χ4v) is 1.15. The Morgan fingerprint density at radius 3 is 2.31 bits per heavy atom. The lowest BCUT2D eigenvalue weighted by atomic mass is 10.2. The lowest BCUT2D eigenvalue weighted by Gasteiger charge is -2.05. The van der Waals surface area contributed by atoms with Gasteiger partial charge in [-0.05, 0) is 19.1 Å². The summed E-state index contributed by atoms with van der Waals surface area (Å²) in [6, 6.07) is 7.77. The molecule has 0 atom stereocenters. The first kappa shape index (κ1) is 11.2. The Balaban J connectivity index is 2.65. The van der Waals surface area contributed by atoms with E-state index in [0.29, 0.717) is 0 Å². The van der Waals surface area contributed by atoms with E-state index in [2.05, 4.69) is 50.5 Å². The Hall–Kier alpha value is 0.150. The van der Waals surface area contributed by atoms with Crippen LogP contribution in [-0.2, 0) is 4.79 Å². The standard InChI is InChI=1S/C9H9I2NO/c1-6-2-4-7(5-3-6)12-9(13)8(10)11/h2-5,8H,1H3,(H,12,13). The van der Waals surface area contributed by atoms with E-state index in [1.807, 2.05) is 31.2 Å². The number of carbonyl (C=O) groups is 1. The van der Waals surface area contributed by atoms with Crippen molar-refractivity contribution in [2.45, 2.75) is 8.86 Å². The van der Waals surface area contributed by atoms with E-state index in [4.69, 9.17) is 0 Å². The van der Waals surface area contributed by atoms with Crippen LogP contribution in [0.1, 0.15) is 5.56 Å². The Labute approximate surface area is 105 Å². The van der Waals surface area contributed by atoms with Crippen molar-refractivity contribution >= 4 is 56.8 Å². The highest BCUT2D eigenvalue weighted by molar-refractivity contribution is 14.2. The Morgan fingerprint density at radius 1 is 1.31 bits per heavy atom. The molecule has 70 valence electrons. The number of carbonyl (C=O) groups excluding carboxylic acids is 1. The highest BCUT2D eigenvalue weighted by atomic mass is 127. The number of rotatable bonds is 2. The number of aryl methyl sites for hydroxylation is 1. The van der Waals surface area contributed by atoms with E-state index in [9.17, 15) is 4.79 Å². The first-order chi connectivity index (χ1) is 6.09. The van der Waals surface area contributed by atoms with Crippen molar-refractivity contribution in [1.82, 2.24) is 0 Å². The minimum absolute atomic E-state index is 0.0310. The van der Waals surface area contributed by atoms with Gasteiger partial charge in [0, 0.05) is 5.69 Å². The molecule has 1 aromatic carbocycles. The summed E-state index contributed by atoms with van der Waals surface area (Å²) in [6.45, 7) is 2.02. The molecule has 0 radical (unpaired) electrons. The van der Waals surface area contributed by atoms with Crippen LogP contribution in [0.5, 0.6) is 0 Å². The number of nitrogens with one attached hydrogen (secondary N) is 1. The van der Waals surface area contributed by atoms with Gasteiger partial charge in [-0.1, -0.05) is 62.9 Å². The van der Waals surface area contributed by atoms with Crippen LogP contribution >= 0.6 is 45.2 Å². The van der Waals surface area contributed by atoms with Crippen LogP contribution in [0.15, 0.2) is 24.3 Å². The van der Waals surface area contributed by atoms with Crippen molar-refractivity contribution in [3.05, 3.63) is 29.8 Å². The summed E-state index contributed by atoms with van der Waals surface area (Å²) in [7, 11) is 0. The second-order valence-electron chi connectivity index (χ2n) is 2.66. The maximum absolute atomic E-state index is 11.3. The summed E-state index contributed by atoms with van der Waals surface area (Å²) in [6.07, 6.45) is 0. The number of hydrogen-bond acceptors (Lipinski definition) is 1. The molecule has 1 amide bonds. The van der Waals surface area contributed by atoms with Gasteiger partial charge in [0.05, 0.1) is 0 Å². The average molecular weight is 401 g/mol. The molecule has 0 heterocycles. The molecule has 13 heavy (non-hydrogen) atoms. The quantitative estimate of drug-likeness (QED) is 0.599. The predicted octanol–water partition coefficient (Wildman–Crippen LogP) is 3.13. The third kappa shape index (κ3) is 3.80. The van der Waals surface area contributed by atoms with Crippen molar-refractivity contribution in [1.29, 1.82) is 0 Å². The molecule has 0 saturated heterocycles. The molecule has 0 saturated carbocycles. The summed E-state index contributed by atoms with van der Waals surface area (Å²) in [5.41, 5.74) is 2.05. The number of halogens is 2. The van der Waals surface area contributed by atoms with Gasteiger partial charge in [0.15, 0.2) is 0 Å². The van der Waals surface area contributed by atoms with Crippen molar-refractivity contribution < 1.29 is 4.79 Å². The minimum Gasteiger partial charge on any atom is -0.324 e. The van der Waals surface area contributed by atoms with E-state index in [1.165, 1.54) is 5.56 Å². The van der Waals surface area contributed by atoms with E-state index >= 15 is 0 Å². The highest BCUT2D eigenvalue weighted by Crippen LogP contribution is 2.14. The number of amides is 1. The van der Waals surface area contributed by atoms with Gasteiger partial charge in [0.1, 0.15) is 1.93 Å². The van der Waals surface area contributed by atoms with Crippen molar-refractivity contribution in [2.75, 3.05) is 5.32 Å². The first-order valence-corrected chi connectivity index (χ1v) is 6.24. The maximum Gasteiger partial charge on any atom is 0.247 e. The molecule has 0 fully saturated rings. The zero-order chi connectivity index (χ0) is 9.84. The molecule has 1 N–H and O–H groups in total. The van der Waals surface area contributed by atoms with Crippen LogP contribution in [0.25, 0.3) is 0 Å². The van der Waals surface area contributed by atoms with Crippen LogP contribution in [-0.4, -0.2) is 7.84 Å². The molecular weight excluding hydrogens is 392 g/mol. The van der Waals surface area contributed by atoms with Gasteiger partial charge in [-0.15, -0.1) is 0 Å². The number of benzene rings is 1. The van der Waals surface area contributed by atoms with Gasteiger partial charge in [0.25, 0.3) is 0 Å². The monoisotopic (exact) mass is 401 g/mol. The number of anilines is 1. The molecule has 0 aliphatic carbocycles. The van der Waals surface area contributed by atoms with Gasteiger partial charge in [-0.3, -0.25) is 4.79 Å². The number of alkyl halides is 2. The normalized spacial score (nSPS) is 10.2. The van der Waals surface area contributed by atoms with E-state index < -0.39 is 0 Å². The van der Waals surface area contributed by atoms with Gasteiger partial charge in [0.2, 0.25) is 5.91 Å². The van der Waals surface area contributed by atoms with Crippen LogP contribution in [0.4, 0.5) is 5.69 Å². The second kappa shape index (κ2) is 5.14. The van der Waals surface area contributed by atoms with E-state index in [0.717, 1.165) is 5.69 Å². The zero-order valence-electron chi connectivity index (χ0n) is 7.05. The fourth-order valence-electron chi connectivity index (χ4n) is 0.834. The van der Waals surface area contributed by atoms with Crippen LogP contribution < -0.4 is 5.32 Å². The topological polar surface area (TPSA) is 29.1 Å². The predicted molar refractivity (Wildman–Crippen MR) is 71.6 cm³/mol. The largest absolute Gasteiger partial charge is 0.324 e. The summed E-state index contributed by atoms with van der Waals surface area (Å²) < 4.78 is -0.0310. The average Bonchev–Trinajstić information content (AvgIpc) is 2.08. The second-order valence-corrected chi connectivity index (χ2v) is 7.53. The molecule has 2 nitrogen and oxygen atoms in total. The summed E-state index contributed by atoms with van der Waals surface area (Å²) in [5, 5.41) is 2.81. The van der Waals surface area contributed by atoms with Gasteiger partial charge < -0.3 is 5.32 Å². The lowest BCUT2D eigenvalue weighted by molar-refractivity contribution is -0.113. The molecular formula is C9H9I2NO. The Kier molecular flexibility index (Phi) is 4.43. The molecule has 4 heteroatoms. The molecule has 0 aromatic heterocycles. The SMILES string of the molecule is Cc1ccc(NC(=O)C(I)I)cc1. The first-order valence-electron chi connectivity index (χ1n) is 3.75. The van der Waals surface area contributed by atoms with Crippen molar-refractivity contribution in [2.24, 2.45) is 0 Å². The molecule has 0 spiro atoms. The molecule has 0 aliphatic rings. The molecule has 0 bridgehead atoms. The fraction of sp³-hybridized carbons (Fsp3) is 0.222. The van der Waals surface area contributed by atoms with Gasteiger partial charge in [-0.25, -0.2) is 0 Å². The molecule has 0 unspecified atom stereocenters. The zero-order valence-corrected chi connectivity index (χ0v) is 11.4. The van der Waals surface area contributed by atoms with Crippen molar-refractivity contribution in [3.63, 3.8) is 0 Å². The smallest absolute Gasteiger partial charge is 0.247 e. The maximum atomic E-state index is 11.3. The van der Waals surface area contributed by atoms with E-state index in [-0.39, 0.29) is 7.84 Å². The van der Waals surface area contributed by atoms with Gasteiger partial charge in [-0.2, -0.15) is 0 Å². The van der Waals surface area contributed by atoms with Crippen LogP contribution in [0.3, 0.4) is 0 Å². The summed E-state index contributed by atoms with van der Waals surface area (Å²) >= 11 is 4.15. The minimum atomic E-state index is -0.0310. The van der Waals surface area contributed by atoms with Crippen LogP contribution in [0, 0.1) is 6.92 Å². The van der Waals surface area contributed by atoms with E-state index in [1.54, 1.807) is 0 Å². The Bertz CT molecular complexity index is 295. The van der Waals surface area contributed by atoms with Gasteiger partial charge >= 0.3 is 0 Å². The molecule has 1 rings (SSSR count). The summed E-state index contributed by atoms with van der Waals surface area (Å²) in [4.78, 5) is 11.3. The molecule has 0 aliphatic heterocycles. The number of hydrogen-bond donors (Lipinski definition) is 1. The lowest BCUT2D eigenvalue weighted by Crippen LogP contribution is -2.17. The van der Waals surface area contributed by atoms with Crippen LogP contribution in [0.2, 0.25) is 0 Å². The van der Waals surface area contributed by atoms with Crippen molar-refractivity contribution in [3.8, 4) is 0 Å². The third-order valence-corrected chi connectivity index (χ3v) is 2.65. The molecule has 1 aromatic rings.